The quantitative estimate of drug-likeness (QED) is 0.693. The lowest BCUT2D eigenvalue weighted by Crippen LogP contribution is -2.45. The van der Waals surface area contributed by atoms with Gasteiger partial charge in [-0.3, -0.25) is 4.79 Å². The Bertz CT molecular complexity index is 361. The lowest BCUT2D eigenvalue weighted by atomic mass is 9.75. The molecule has 0 aromatic carbocycles. The average Bonchev–Trinajstić information content (AvgIpc) is 2.97. The van der Waals surface area contributed by atoms with Crippen LogP contribution in [0.1, 0.15) is 20.3 Å². The van der Waals surface area contributed by atoms with Gasteiger partial charge in [0.25, 0.3) is 0 Å². The molecule has 90 valence electrons. The van der Waals surface area contributed by atoms with Crippen molar-refractivity contribution >= 4 is 5.97 Å². The molecule has 0 aromatic rings. The highest BCUT2D eigenvalue weighted by Crippen LogP contribution is 2.40. The van der Waals surface area contributed by atoms with E-state index >= 15 is 0 Å². The van der Waals surface area contributed by atoms with Gasteiger partial charge in [0.05, 0.1) is 0 Å². The van der Waals surface area contributed by atoms with Crippen LogP contribution in [0.3, 0.4) is 0 Å². The van der Waals surface area contributed by atoms with Crippen molar-refractivity contribution in [3.63, 3.8) is 0 Å². The predicted octanol–water partition coefficient (Wildman–Crippen LogP) is 3.18. The topological polar surface area (TPSA) is 26.3 Å². The first-order chi connectivity index (χ1) is 8.19. The summed E-state index contributed by atoms with van der Waals surface area (Å²) in [5.41, 5.74) is -0.473. The second kappa shape index (κ2) is 4.74. The lowest BCUT2D eigenvalue weighted by molar-refractivity contribution is -0.163. The molecule has 2 heteroatoms. The van der Waals surface area contributed by atoms with E-state index in [9.17, 15) is 4.79 Å². The van der Waals surface area contributed by atoms with Gasteiger partial charge in [0.1, 0.15) is 5.60 Å². The fourth-order valence-corrected chi connectivity index (χ4v) is 2.68. The van der Waals surface area contributed by atoms with Gasteiger partial charge in [-0.15, -0.1) is 0 Å². The van der Waals surface area contributed by atoms with Crippen LogP contribution >= 0.6 is 0 Å². The van der Waals surface area contributed by atoms with Gasteiger partial charge in [-0.1, -0.05) is 55.5 Å². The van der Waals surface area contributed by atoms with Crippen molar-refractivity contribution in [3.8, 4) is 0 Å². The molecule has 0 atom stereocenters. The van der Waals surface area contributed by atoms with Gasteiger partial charge in [0.15, 0.2) is 0 Å². The Labute approximate surface area is 102 Å². The molecule has 2 aliphatic carbocycles. The zero-order valence-corrected chi connectivity index (χ0v) is 10.3. The number of carbonyl (C=O) groups is 1. The predicted molar refractivity (Wildman–Crippen MR) is 68.3 cm³/mol. The second-order valence-electron chi connectivity index (χ2n) is 4.49. The fraction of sp³-hybridized carbons (Fsp3) is 0.400. The Morgan fingerprint density at radius 1 is 1.06 bits per heavy atom. The smallest absolute Gasteiger partial charge is 0.303 e. The molecule has 2 aliphatic rings. The molecule has 2 nitrogen and oxygen atoms in total. The summed E-state index contributed by atoms with van der Waals surface area (Å²) in [6, 6.07) is 0. The van der Waals surface area contributed by atoms with Crippen molar-refractivity contribution in [1.82, 2.24) is 0 Å². The van der Waals surface area contributed by atoms with E-state index in [0.717, 1.165) is 6.42 Å². The van der Waals surface area contributed by atoms with Crippen molar-refractivity contribution in [1.29, 1.82) is 0 Å². The van der Waals surface area contributed by atoms with Gasteiger partial charge in [-0.2, -0.15) is 0 Å². The molecule has 0 saturated heterocycles. The van der Waals surface area contributed by atoms with E-state index in [4.69, 9.17) is 4.74 Å². The first kappa shape index (κ1) is 11.9. The molecule has 0 amide bonds. The van der Waals surface area contributed by atoms with Crippen LogP contribution in [0, 0.1) is 11.8 Å². The monoisotopic (exact) mass is 230 g/mol. The minimum absolute atomic E-state index is 0.161. The van der Waals surface area contributed by atoms with Gasteiger partial charge < -0.3 is 4.74 Å². The zero-order chi connectivity index (χ0) is 12.3. The van der Waals surface area contributed by atoms with Gasteiger partial charge in [0.2, 0.25) is 0 Å². The summed E-state index contributed by atoms with van der Waals surface area (Å²) in [6.45, 7) is 3.55. The molecule has 0 bridgehead atoms. The van der Waals surface area contributed by atoms with Crippen molar-refractivity contribution in [2.24, 2.45) is 11.8 Å². The third-order valence-electron chi connectivity index (χ3n) is 3.51. The van der Waals surface area contributed by atoms with E-state index in [0.29, 0.717) is 0 Å². The van der Waals surface area contributed by atoms with E-state index in [1.165, 1.54) is 6.92 Å². The molecule has 0 aromatic heterocycles. The number of hydrogen-bond acceptors (Lipinski definition) is 2. The highest BCUT2D eigenvalue weighted by Gasteiger charge is 2.44. The van der Waals surface area contributed by atoms with Gasteiger partial charge in [0, 0.05) is 18.8 Å². The first-order valence-electron chi connectivity index (χ1n) is 6.08. The molecule has 0 spiro atoms. The molecule has 0 N–H and O–H groups in total. The first-order valence-corrected chi connectivity index (χ1v) is 6.08. The summed E-state index contributed by atoms with van der Waals surface area (Å²) in [7, 11) is 0. The molecule has 0 unspecified atom stereocenters. The molecule has 0 saturated carbocycles. The highest BCUT2D eigenvalue weighted by molar-refractivity contribution is 5.67. The number of hydrogen-bond donors (Lipinski definition) is 0. The van der Waals surface area contributed by atoms with Crippen LogP contribution < -0.4 is 0 Å². The Morgan fingerprint density at radius 2 is 1.47 bits per heavy atom. The normalized spacial score (nSPS) is 19.4. The zero-order valence-electron chi connectivity index (χ0n) is 10.3. The summed E-state index contributed by atoms with van der Waals surface area (Å²) < 4.78 is 5.71. The Balaban J connectivity index is 2.34. The average molecular weight is 230 g/mol. The lowest BCUT2D eigenvalue weighted by Gasteiger charge is -2.39. The van der Waals surface area contributed by atoms with Crippen molar-refractivity contribution < 1.29 is 9.53 Å². The van der Waals surface area contributed by atoms with Crippen molar-refractivity contribution in [2.75, 3.05) is 0 Å². The molecular formula is C15H18O2. The van der Waals surface area contributed by atoms with E-state index in [2.05, 4.69) is 31.2 Å². The molecule has 0 radical (unpaired) electrons. The second-order valence-corrected chi connectivity index (χ2v) is 4.49. The third-order valence-corrected chi connectivity index (χ3v) is 3.51. The van der Waals surface area contributed by atoms with E-state index in [1.807, 2.05) is 24.3 Å². The minimum Gasteiger partial charge on any atom is -0.457 e. The number of esters is 1. The van der Waals surface area contributed by atoms with E-state index in [1.54, 1.807) is 0 Å². The molecular weight excluding hydrogens is 212 g/mol. The molecule has 17 heavy (non-hydrogen) atoms. The maximum atomic E-state index is 11.4. The van der Waals surface area contributed by atoms with Crippen molar-refractivity contribution in [3.05, 3.63) is 48.6 Å². The third kappa shape index (κ3) is 2.12. The Hall–Kier alpha value is -1.57. The summed E-state index contributed by atoms with van der Waals surface area (Å²) in [6.07, 6.45) is 17.3. The Kier molecular flexibility index (Phi) is 3.32. The van der Waals surface area contributed by atoms with Crippen LogP contribution in [0.5, 0.6) is 0 Å². The van der Waals surface area contributed by atoms with Crippen molar-refractivity contribution in [2.45, 2.75) is 25.9 Å². The van der Waals surface area contributed by atoms with Crippen LogP contribution in [0.4, 0.5) is 0 Å². The SMILES string of the molecule is CCC(OC(C)=O)(C1C=CC=C1)C1C=CC=C1. The summed E-state index contributed by atoms with van der Waals surface area (Å²) in [4.78, 5) is 11.4. The maximum Gasteiger partial charge on any atom is 0.303 e. The van der Waals surface area contributed by atoms with Gasteiger partial charge in [-0.05, 0) is 6.42 Å². The van der Waals surface area contributed by atoms with Crippen LogP contribution in [0.2, 0.25) is 0 Å². The van der Waals surface area contributed by atoms with Gasteiger partial charge in [-0.25, -0.2) is 0 Å². The molecule has 0 heterocycles. The number of rotatable bonds is 4. The molecule has 0 fully saturated rings. The molecule has 0 aliphatic heterocycles. The Morgan fingerprint density at radius 3 is 1.76 bits per heavy atom. The highest BCUT2D eigenvalue weighted by atomic mass is 16.6. The number of allylic oxidation sites excluding steroid dienone is 4. The largest absolute Gasteiger partial charge is 0.457 e. The summed E-state index contributed by atoms with van der Waals surface area (Å²) >= 11 is 0. The summed E-state index contributed by atoms with van der Waals surface area (Å²) in [5.74, 6) is 0.108. The fourth-order valence-electron chi connectivity index (χ4n) is 2.68. The van der Waals surface area contributed by atoms with Crippen LogP contribution in [0.25, 0.3) is 0 Å². The van der Waals surface area contributed by atoms with Crippen LogP contribution in [0.15, 0.2) is 48.6 Å². The maximum absolute atomic E-state index is 11.4. The van der Waals surface area contributed by atoms with Gasteiger partial charge >= 0.3 is 5.97 Å². The van der Waals surface area contributed by atoms with Crippen LogP contribution in [-0.2, 0) is 9.53 Å². The molecule has 2 rings (SSSR count). The van der Waals surface area contributed by atoms with Crippen LogP contribution in [-0.4, -0.2) is 11.6 Å². The number of ether oxygens (including phenoxy) is 1. The standard InChI is InChI=1S/C15H18O2/c1-3-15(17-12(2)16,13-8-4-5-9-13)14-10-6-7-11-14/h4-11,13-14H,3H2,1-2H3. The minimum atomic E-state index is -0.473. The van der Waals surface area contributed by atoms with E-state index < -0.39 is 5.60 Å². The summed E-state index contributed by atoms with van der Waals surface area (Å²) in [5, 5.41) is 0. The number of carbonyl (C=O) groups excluding carboxylic acids is 1. The van der Waals surface area contributed by atoms with E-state index in [-0.39, 0.29) is 17.8 Å².